The molecule has 0 aliphatic carbocycles. The second-order valence-corrected chi connectivity index (χ2v) is 6.43. The lowest BCUT2D eigenvalue weighted by atomic mass is 9.98. The molecule has 1 nitrogen and oxygen atoms in total. The Kier molecular flexibility index (Phi) is 4.97. The van der Waals surface area contributed by atoms with Crippen molar-refractivity contribution in [1.29, 1.82) is 0 Å². The van der Waals surface area contributed by atoms with Crippen LogP contribution in [-0.2, 0) is 6.54 Å². The van der Waals surface area contributed by atoms with Crippen molar-refractivity contribution in [3.8, 4) is 0 Å². The first-order valence-corrected chi connectivity index (χ1v) is 7.68. The molecule has 0 aromatic heterocycles. The predicted octanol–water partition coefficient (Wildman–Crippen LogP) is 3.24. The van der Waals surface area contributed by atoms with Crippen LogP contribution in [-0.4, -0.2) is 27.7 Å². The number of piperidine rings is 1. The van der Waals surface area contributed by atoms with E-state index in [1.807, 2.05) is 0 Å². The molecule has 88 valence electrons. The second-order valence-electron chi connectivity index (χ2n) is 4.47. The molecule has 0 spiro atoms. The van der Waals surface area contributed by atoms with Crippen molar-refractivity contribution in [1.82, 2.24) is 4.90 Å². The van der Waals surface area contributed by atoms with Crippen LogP contribution in [0, 0.1) is 5.92 Å². The molecular weight excluding hydrogens is 329 g/mol. The van der Waals surface area contributed by atoms with Crippen LogP contribution in [0.15, 0.2) is 30.3 Å². The number of hydrogen-bond donors (Lipinski definition) is 1. The van der Waals surface area contributed by atoms with E-state index in [0.717, 1.165) is 22.1 Å². The first-order chi connectivity index (χ1) is 7.79. The molecule has 0 radical (unpaired) electrons. The highest BCUT2D eigenvalue weighted by molar-refractivity contribution is 14.1. The minimum atomic E-state index is 0.757. The molecule has 2 atom stereocenters. The van der Waals surface area contributed by atoms with Gasteiger partial charge in [0.25, 0.3) is 0 Å². The number of rotatable bonds is 3. The highest BCUT2D eigenvalue weighted by atomic mass is 127. The van der Waals surface area contributed by atoms with Crippen molar-refractivity contribution in [2.75, 3.05) is 18.8 Å². The molecule has 1 aliphatic rings. The van der Waals surface area contributed by atoms with Crippen LogP contribution in [0.1, 0.15) is 12.0 Å². The number of likely N-dealkylation sites (tertiary alicyclic amines) is 1. The number of thiol groups is 1. The zero-order chi connectivity index (χ0) is 11.4. The molecule has 1 heterocycles. The lowest BCUT2D eigenvalue weighted by Gasteiger charge is -2.35. The van der Waals surface area contributed by atoms with Gasteiger partial charge in [-0.05, 0) is 30.2 Å². The molecule has 2 unspecified atom stereocenters. The van der Waals surface area contributed by atoms with Crippen LogP contribution in [0.5, 0.6) is 0 Å². The number of alkyl halides is 1. The standard InChI is InChI=1S/C13H18INS/c14-13-9-15(7-6-12(13)10-16)8-11-4-2-1-3-5-11/h1-5,12-13,16H,6-10H2. The van der Waals surface area contributed by atoms with Crippen LogP contribution in [0.25, 0.3) is 0 Å². The molecule has 0 amide bonds. The molecule has 1 aromatic carbocycles. The summed E-state index contributed by atoms with van der Waals surface area (Å²) in [6.45, 7) is 3.53. The van der Waals surface area contributed by atoms with Gasteiger partial charge in [-0.25, -0.2) is 0 Å². The molecule has 1 aromatic rings. The van der Waals surface area contributed by atoms with Crippen molar-refractivity contribution in [2.24, 2.45) is 5.92 Å². The van der Waals surface area contributed by atoms with E-state index in [4.69, 9.17) is 0 Å². The Morgan fingerprint density at radius 2 is 2.06 bits per heavy atom. The van der Waals surface area contributed by atoms with E-state index >= 15 is 0 Å². The zero-order valence-electron chi connectivity index (χ0n) is 9.35. The minimum absolute atomic E-state index is 0.757. The maximum Gasteiger partial charge on any atom is 0.0274 e. The predicted molar refractivity (Wildman–Crippen MR) is 81.5 cm³/mol. The monoisotopic (exact) mass is 347 g/mol. The number of halogens is 1. The van der Waals surface area contributed by atoms with Crippen molar-refractivity contribution in [3.05, 3.63) is 35.9 Å². The fourth-order valence-electron chi connectivity index (χ4n) is 2.21. The zero-order valence-corrected chi connectivity index (χ0v) is 12.4. The van der Waals surface area contributed by atoms with E-state index < -0.39 is 0 Å². The average Bonchev–Trinajstić information content (AvgIpc) is 2.31. The van der Waals surface area contributed by atoms with Crippen molar-refractivity contribution >= 4 is 35.2 Å². The van der Waals surface area contributed by atoms with Gasteiger partial charge in [0.05, 0.1) is 0 Å². The normalized spacial score (nSPS) is 26.9. The van der Waals surface area contributed by atoms with Crippen LogP contribution in [0.3, 0.4) is 0 Å². The van der Waals surface area contributed by atoms with Gasteiger partial charge in [-0.15, -0.1) is 0 Å². The molecule has 0 saturated carbocycles. The molecule has 2 rings (SSSR count). The number of nitrogens with zero attached hydrogens (tertiary/aromatic N) is 1. The van der Waals surface area contributed by atoms with Gasteiger partial charge in [0.15, 0.2) is 0 Å². The van der Waals surface area contributed by atoms with E-state index in [1.54, 1.807) is 0 Å². The summed E-state index contributed by atoms with van der Waals surface area (Å²) in [5, 5.41) is 0. The summed E-state index contributed by atoms with van der Waals surface area (Å²) in [4.78, 5) is 2.56. The van der Waals surface area contributed by atoms with Crippen LogP contribution < -0.4 is 0 Å². The molecule has 1 saturated heterocycles. The Labute approximate surface area is 117 Å². The Balaban J connectivity index is 1.89. The Hall–Kier alpha value is 0.260. The van der Waals surface area contributed by atoms with Gasteiger partial charge >= 0.3 is 0 Å². The first-order valence-electron chi connectivity index (χ1n) is 5.81. The molecule has 16 heavy (non-hydrogen) atoms. The van der Waals surface area contributed by atoms with E-state index in [0.29, 0.717) is 0 Å². The third-order valence-electron chi connectivity index (χ3n) is 3.24. The highest BCUT2D eigenvalue weighted by Gasteiger charge is 2.25. The van der Waals surface area contributed by atoms with Gasteiger partial charge < -0.3 is 0 Å². The first kappa shape index (κ1) is 12.7. The summed E-state index contributed by atoms with van der Waals surface area (Å²) < 4.78 is 0.757. The molecule has 1 fully saturated rings. The van der Waals surface area contributed by atoms with Crippen molar-refractivity contribution in [2.45, 2.75) is 16.9 Å². The Morgan fingerprint density at radius 1 is 1.31 bits per heavy atom. The van der Waals surface area contributed by atoms with Crippen LogP contribution in [0.4, 0.5) is 0 Å². The second kappa shape index (κ2) is 6.26. The third-order valence-corrected chi connectivity index (χ3v) is 5.12. The topological polar surface area (TPSA) is 3.24 Å². The van der Waals surface area contributed by atoms with Gasteiger partial charge in [-0.1, -0.05) is 52.9 Å². The Morgan fingerprint density at radius 3 is 2.69 bits per heavy atom. The molecule has 3 heteroatoms. The lowest BCUT2D eigenvalue weighted by molar-refractivity contribution is 0.199. The third kappa shape index (κ3) is 3.37. The van der Waals surface area contributed by atoms with Crippen molar-refractivity contribution in [3.63, 3.8) is 0 Å². The summed E-state index contributed by atoms with van der Waals surface area (Å²) in [5.41, 5.74) is 1.43. The number of benzene rings is 1. The SMILES string of the molecule is SCC1CCN(Cc2ccccc2)CC1I. The fourth-order valence-corrected chi connectivity index (χ4v) is 4.22. The van der Waals surface area contributed by atoms with Crippen LogP contribution in [0.2, 0.25) is 0 Å². The average molecular weight is 347 g/mol. The Bertz CT molecular complexity index is 317. The van der Waals surface area contributed by atoms with Gasteiger partial charge in [0.1, 0.15) is 0 Å². The summed E-state index contributed by atoms with van der Waals surface area (Å²) >= 11 is 7.01. The van der Waals surface area contributed by atoms with Gasteiger partial charge in [0.2, 0.25) is 0 Å². The van der Waals surface area contributed by atoms with Gasteiger partial charge in [0, 0.05) is 17.0 Å². The summed E-state index contributed by atoms with van der Waals surface area (Å²) in [6.07, 6.45) is 1.30. The highest BCUT2D eigenvalue weighted by Crippen LogP contribution is 2.26. The fraction of sp³-hybridized carbons (Fsp3) is 0.538. The maximum atomic E-state index is 4.43. The van der Waals surface area contributed by atoms with Gasteiger partial charge in [-0.2, -0.15) is 12.6 Å². The summed E-state index contributed by atoms with van der Waals surface area (Å²) in [7, 11) is 0. The molecular formula is C13H18INS. The quantitative estimate of drug-likeness (QED) is 0.499. The molecule has 0 bridgehead atoms. The summed E-state index contributed by atoms with van der Waals surface area (Å²) in [6, 6.07) is 10.8. The molecule has 0 N–H and O–H groups in total. The van der Waals surface area contributed by atoms with E-state index in [9.17, 15) is 0 Å². The minimum Gasteiger partial charge on any atom is -0.298 e. The largest absolute Gasteiger partial charge is 0.298 e. The van der Waals surface area contributed by atoms with E-state index in [-0.39, 0.29) is 0 Å². The summed E-state index contributed by atoms with van der Waals surface area (Å²) in [5.74, 6) is 1.84. The lowest BCUT2D eigenvalue weighted by Crippen LogP contribution is -2.41. The smallest absolute Gasteiger partial charge is 0.0274 e. The molecule has 1 aliphatic heterocycles. The van der Waals surface area contributed by atoms with E-state index in [2.05, 4.69) is 70.5 Å². The van der Waals surface area contributed by atoms with Gasteiger partial charge in [-0.3, -0.25) is 4.90 Å². The maximum absolute atomic E-state index is 4.43. The van der Waals surface area contributed by atoms with Crippen LogP contribution >= 0.6 is 35.2 Å². The number of hydrogen-bond acceptors (Lipinski definition) is 2. The van der Waals surface area contributed by atoms with Crippen molar-refractivity contribution < 1.29 is 0 Å². The van der Waals surface area contributed by atoms with E-state index in [1.165, 1.54) is 25.1 Å².